The number of fused-ring (bicyclic) bond motifs is 1. The largest absolute Gasteiger partial charge is 0.484 e. The molecule has 9 nitrogen and oxygen atoms in total. The topological polar surface area (TPSA) is 114 Å². The highest BCUT2D eigenvalue weighted by molar-refractivity contribution is 5.91. The van der Waals surface area contributed by atoms with E-state index in [1.807, 2.05) is 79.0 Å². The molecule has 3 N–H and O–H groups in total. The lowest BCUT2D eigenvalue weighted by Gasteiger charge is -2.13. The maximum Gasteiger partial charge on any atom is 0.262 e. The Balaban J connectivity index is 1.19. The number of carbonyl (C=O) groups excluding carboxylic acids is 1. The Hall–Kier alpha value is -5.02. The molecule has 2 aromatic heterocycles. The summed E-state index contributed by atoms with van der Waals surface area (Å²) in [6, 6.07) is 24.7. The molecule has 5 aromatic rings. The maximum absolute atomic E-state index is 12.3. The average molecular weight is 505 g/mol. The SMILES string of the molecule is O=C(COc1cccc(-c2nc3c(c(Nc4ccc(-c5cn[nH]c5)cc4)n2)COC3)c1)Nc1ccccc1. The van der Waals surface area contributed by atoms with Crippen LogP contribution in [-0.4, -0.2) is 32.7 Å². The Kier molecular flexibility index (Phi) is 6.48. The van der Waals surface area contributed by atoms with Crippen LogP contribution in [-0.2, 0) is 22.7 Å². The molecule has 188 valence electrons. The van der Waals surface area contributed by atoms with Crippen LogP contribution in [0.3, 0.4) is 0 Å². The van der Waals surface area contributed by atoms with E-state index in [1.165, 1.54) is 0 Å². The van der Waals surface area contributed by atoms with Gasteiger partial charge < -0.3 is 20.1 Å². The van der Waals surface area contributed by atoms with E-state index in [9.17, 15) is 4.79 Å². The quantitative estimate of drug-likeness (QED) is 0.262. The molecule has 6 rings (SSSR count). The minimum absolute atomic E-state index is 0.112. The first kappa shape index (κ1) is 23.4. The summed E-state index contributed by atoms with van der Waals surface area (Å²) in [7, 11) is 0. The van der Waals surface area contributed by atoms with E-state index < -0.39 is 0 Å². The van der Waals surface area contributed by atoms with Gasteiger partial charge in [-0.2, -0.15) is 5.10 Å². The fourth-order valence-corrected chi connectivity index (χ4v) is 4.17. The number of hydrogen-bond acceptors (Lipinski definition) is 7. The molecule has 0 atom stereocenters. The van der Waals surface area contributed by atoms with Gasteiger partial charge in [0, 0.05) is 34.3 Å². The molecule has 9 heteroatoms. The number of amides is 1. The lowest BCUT2D eigenvalue weighted by molar-refractivity contribution is -0.118. The van der Waals surface area contributed by atoms with E-state index in [4.69, 9.17) is 19.4 Å². The van der Waals surface area contributed by atoms with Crippen LogP contribution >= 0.6 is 0 Å². The Morgan fingerprint density at radius 1 is 0.895 bits per heavy atom. The predicted octanol–water partition coefficient (Wildman–Crippen LogP) is 5.33. The molecule has 0 radical (unpaired) electrons. The van der Waals surface area contributed by atoms with E-state index >= 15 is 0 Å². The van der Waals surface area contributed by atoms with Crippen LogP contribution in [0.1, 0.15) is 11.3 Å². The summed E-state index contributed by atoms with van der Waals surface area (Å²) in [5.74, 6) is 1.56. The molecule has 0 aliphatic carbocycles. The lowest BCUT2D eigenvalue weighted by Crippen LogP contribution is -2.20. The number of para-hydroxylation sites is 1. The molecule has 1 amide bonds. The number of aromatic amines is 1. The maximum atomic E-state index is 12.3. The number of H-pyrrole nitrogens is 1. The summed E-state index contributed by atoms with van der Waals surface area (Å²) < 4.78 is 11.4. The molecule has 3 heterocycles. The Morgan fingerprint density at radius 2 is 1.76 bits per heavy atom. The lowest BCUT2D eigenvalue weighted by atomic mass is 10.1. The molecule has 38 heavy (non-hydrogen) atoms. The van der Waals surface area contributed by atoms with Crippen LogP contribution in [0, 0.1) is 0 Å². The molecule has 0 unspecified atom stereocenters. The van der Waals surface area contributed by atoms with Crippen molar-refractivity contribution < 1.29 is 14.3 Å². The van der Waals surface area contributed by atoms with Gasteiger partial charge in [-0.1, -0.05) is 42.5 Å². The van der Waals surface area contributed by atoms with Gasteiger partial charge >= 0.3 is 0 Å². The monoisotopic (exact) mass is 504 g/mol. The summed E-state index contributed by atoms with van der Waals surface area (Å²) in [5.41, 5.74) is 6.28. The molecular formula is C29H24N6O3. The Morgan fingerprint density at radius 3 is 2.58 bits per heavy atom. The third-order valence-corrected chi connectivity index (χ3v) is 6.08. The molecule has 0 fully saturated rings. The first-order chi connectivity index (χ1) is 18.7. The van der Waals surface area contributed by atoms with Crippen LogP contribution in [0.15, 0.2) is 91.3 Å². The minimum Gasteiger partial charge on any atom is -0.484 e. The van der Waals surface area contributed by atoms with E-state index in [1.54, 1.807) is 12.3 Å². The zero-order chi connectivity index (χ0) is 25.7. The predicted molar refractivity (Wildman–Crippen MR) is 144 cm³/mol. The normalized spacial score (nSPS) is 12.1. The van der Waals surface area contributed by atoms with Crippen molar-refractivity contribution in [3.8, 4) is 28.3 Å². The van der Waals surface area contributed by atoms with Gasteiger partial charge in [-0.3, -0.25) is 9.89 Å². The second-order valence-corrected chi connectivity index (χ2v) is 8.73. The van der Waals surface area contributed by atoms with Crippen molar-refractivity contribution in [2.45, 2.75) is 13.2 Å². The number of anilines is 3. The molecule has 0 saturated carbocycles. The van der Waals surface area contributed by atoms with Gasteiger partial charge in [-0.15, -0.1) is 0 Å². The van der Waals surface area contributed by atoms with Crippen molar-refractivity contribution in [1.29, 1.82) is 0 Å². The number of ether oxygens (including phenoxy) is 2. The van der Waals surface area contributed by atoms with Gasteiger partial charge in [0.15, 0.2) is 12.4 Å². The van der Waals surface area contributed by atoms with Crippen LogP contribution in [0.5, 0.6) is 5.75 Å². The first-order valence-electron chi connectivity index (χ1n) is 12.1. The molecule has 1 aliphatic rings. The fourth-order valence-electron chi connectivity index (χ4n) is 4.17. The van der Waals surface area contributed by atoms with Gasteiger partial charge in [0.25, 0.3) is 5.91 Å². The zero-order valence-corrected chi connectivity index (χ0v) is 20.3. The summed E-state index contributed by atoms with van der Waals surface area (Å²) in [5, 5.41) is 13.1. The smallest absolute Gasteiger partial charge is 0.262 e. The number of nitrogens with one attached hydrogen (secondary N) is 3. The molecule has 1 aliphatic heterocycles. The van der Waals surface area contributed by atoms with Crippen molar-refractivity contribution in [2.24, 2.45) is 0 Å². The van der Waals surface area contributed by atoms with Gasteiger partial charge in [0.1, 0.15) is 11.6 Å². The van der Waals surface area contributed by atoms with Crippen molar-refractivity contribution in [2.75, 3.05) is 17.2 Å². The summed E-state index contributed by atoms with van der Waals surface area (Å²) in [6.07, 6.45) is 3.65. The molecule has 0 spiro atoms. The summed E-state index contributed by atoms with van der Waals surface area (Å²) in [4.78, 5) is 21.9. The second kappa shape index (κ2) is 10.5. The number of nitrogens with zero attached hydrogens (tertiary/aromatic N) is 3. The average Bonchev–Trinajstić information content (AvgIpc) is 3.66. The van der Waals surface area contributed by atoms with E-state index in [2.05, 4.69) is 20.8 Å². The highest BCUT2D eigenvalue weighted by Crippen LogP contribution is 2.31. The second-order valence-electron chi connectivity index (χ2n) is 8.73. The number of hydrogen-bond donors (Lipinski definition) is 3. The van der Waals surface area contributed by atoms with E-state index in [0.29, 0.717) is 30.6 Å². The molecule has 0 saturated heterocycles. The van der Waals surface area contributed by atoms with E-state index in [0.717, 1.165) is 39.3 Å². The number of rotatable bonds is 8. The van der Waals surface area contributed by atoms with Gasteiger partial charge in [-0.25, -0.2) is 9.97 Å². The highest BCUT2D eigenvalue weighted by atomic mass is 16.5. The Bertz CT molecular complexity index is 1550. The number of benzene rings is 3. The fraction of sp³-hybridized carbons (Fsp3) is 0.103. The molecular weight excluding hydrogens is 480 g/mol. The van der Waals surface area contributed by atoms with Gasteiger partial charge in [-0.05, 0) is 42.0 Å². The zero-order valence-electron chi connectivity index (χ0n) is 20.3. The van der Waals surface area contributed by atoms with Crippen molar-refractivity contribution in [3.63, 3.8) is 0 Å². The standard InChI is InChI=1S/C29H24N6O3/c36-27(32-22-6-2-1-3-7-22)18-38-24-8-4-5-20(13-24)28-34-26-17-37-16-25(26)29(35-28)33-23-11-9-19(10-12-23)21-14-30-31-15-21/h1-15H,16-18H2,(H,30,31)(H,32,36)(H,33,34,35). The highest BCUT2D eigenvalue weighted by Gasteiger charge is 2.21. The van der Waals surface area contributed by atoms with Gasteiger partial charge in [0.2, 0.25) is 0 Å². The van der Waals surface area contributed by atoms with E-state index in [-0.39, 0.29) is 12.5 Å². The van der Waals surface area contributed by atoms with Crippen molar-refractivity contribution in [1.82, 2.24) is 20.2 Å². The first-order valence-corrected chi connectivity index (χ1v) is 12.1. The minimum atomic E-state index is -0.238. The van der Waals surface area contributed by atoms with Gasteiger partial charge in [0.05, 0.1) is 25.1 Å². The summed E-state index contributed by atoms with van der Waals surface area (Å²) in [6.45, 7) is 0.762. The third-order valence-electron chi connectivity index (χ3n) is 6.08. The van der Waals surface area contributed by atoms with Crippen molar-refractivity contribution >= 4 is 23.1 Å². The van der Waals surface area contributed by atoms with Crippen LogP contribution in [0.2, 0.25) is 0 Å². The number of carbonyl (C=O) groups is 1. The third kappa shape index (κ3) is 5.23. The molecule has 0 bridgehead atoms. The van der Waals surface area contributed by atoms with Crippen molar-refractivity contribution in [3.05, 3.63) is 103 Å². The van der Waals surface area contributed by atoms with Crippen LogP contribution < -0.4 is 15.4 Å². The number of aromatic nitrogens is 4. The summed E-state index contributed by atoms with van der Waals surface area (Å²) >= 11 is 0. The van der Waals surface area contributed by atoms with Crippen LogP contribution in [0.25, 0.3) is 22.5 Å². The van der Waals surface area contributed by atoms with Crippen LogP contribution in [0.4, 0.5) is 17.2 Å². The Labute approximate surface area is 218 Å². The molecule has 3 aromatic carbocycles.